The van der Waals surface area contributed by atoms with Crippen LogP contribution in [0.25, 0.3) is 0 Å². The predicted molar refractivity (Wildman–Crippen MR) is 77.1 cm³/mol. The number of nitrogen functional groups attached to an aromatic ring is 1. The first-order valence-electron chi connectivity index (χ1n) is 6.87. The third kappa shape index (κ3) is 1.98. The van der Waals surface area contributed by atoms with Crippen LogP contribution in [0.5, 0.6) is 0 Å². The number of sulfone groups is 1. The average molecular weight is 294 g/mol. The number of carbonyl (C=O) groups is 1. The minimum Gasteiger partial charge on any atom is -0.398 e. The van der Waals surface area contributed by atoms with Gasteiger partial charge >= 0.3 is 0 Å². The molecule has 3 rings (SSSR count). The SMILES string of the molecule is Nc1cccc2c1S(=O)(=O)CC1(CCCCC1)C(=O)N2. The van der Waals surface area contributed by atoms with Crippen molar-refractivity contribution in [2.24, 2.45) is 5.41 Å². The Hall–Kier alpha value is -1.56. The van der Waals surface area contributed by atoms with Gasteiger partial charge in [0.15, 0.2) is 9.84 Å². The summed E-state index contributed by atoms with van der Waals surface area (Å²) in [5, 5.41) is 2.78. The van der Waals surface area contributed by atoms with Gasteiger partial charge in [-0.2, -0.15) is 0 Å². The number of amides is 1. The van der Waals surface area contributed by atoms with E-state index < -0.39 is 15.3 Å². The third-order valence-electron chi connectivity index (χ3n) is 4.36. The minimum absolute atomic E-state index is 0.0794. The Kier molecular flexibility index (Phi) is 3.01. The molecule has 1 heterocycles. The molecule has 1 fully saturated rings. The highest BCUT2D eigenvalue weighted by Gasteiger charge is 2.46. The summed E-state index contributed by atoms with van der Waals surface area (Å²) in [6.45, 7) is 0. The van der Waals surface area contributed by atoms with Crippen molar-refractivity contribution in [2.45, 2.75) is 37.0 Å². The van der Waals surface area contributed by atoms with Crippen LogP contribution >= 0.6 is 0 Å². The van der Waals surface area contributed by atoms with Gasteiger partial charge in [0.05, 0.1) is 22.5 Å². The van der Waals surface area contributed by atoms with Crippen molar-refractivity contribution >= 4 is 27.1 Å². The molecule has 3 N–H and O–H groups in total. The van der Waals surface area contributed by atoms with E-state index in [1.54, 1.807) is 18.2 Å². The lowest BCUT2D eigenvalue weighted by Gasteiger charge is -2.33. The number of rotatable bonds is 0. The van der Waals surface area contributed by atoms with Crippen LogP contribution < -0.4 is 11.1 Å². The lowest BCUT2D eigenvalue weighted by molar-refractivity contribution is -0.126. The predicted octanol–water partition coefficient (Wildman–Crippen LogP) is 1.95. The number of carbonyl (C=O) groups excluding carboxylic acids is 1. The second-order valence-electron chi connectivity index (χ2n) is 5.78. The highest BCUT2D eigenvalue weighted by Crippen LogP contribution is 2.44. The highest BCUT2D eigenvalue weighted by atomic mass is 32.2. The van der Waals surface area contributed by atoms with E-state index in [0.29, 0.717) is 18.5 Å². The molecule has 1 saturated carbocycles. The summed E-state index contributed by atoms with van der Waals surface area (Å²) in [6.07, 6.45) is 4.12. The summed E-state index contributed by atoms with van der Waals surface area (Å²) in [6, 6.07) is 4.81. The van der Waals surface area contributed by atoms with Crippen molar-refractivity contribution in [1.29, 1.82) is 0 Å². The van der Waals surface area contributed by atoms with Gasteiger partial charge in [-0.25, -0.2) is 8.42 Å². The number of nitrogens with two attached hydrogens (primary N) is 1. The topological polar surface area (TPSA) is 89.3 Å². The average Bonchev–Trinajstić information content (AvgIpc) is 2.45. The largest absolute Gasteiger partial charge is 0.398 e. The summed E-state index contributed by atoms with van der Waals surface area (Å²) in [4.78, 5) is 12.6. The Morgan fingerprint density at radius 1 is 1.15 bits per heavy atom. The van der Waals surface area contributed by atoms with E-state index in [9.17, 15) is 13.2 Å². The number of anilines is 2. The van der Waals surface area contributed by atoms with Gasteiger partial charge in [0.1, 0.15) is 4.90 Å². The number of hydrogen-bond donors (Lipinski definition) is 2. The Bertz CT molecular complexity index is 661. The number of benzene rings is 1. The smallest absolute Gasteiger partial charge is 0.231 e. The first-order valence-corrected chi connectivity index (χ1v) is 8.53. The molecule has 0 saturated heterocycles. The molecule has 1 aromatic rings. The number of fused-ring (bicyclic) bond motifs is 1. The van der Waals surface area contributed by atoms with E-state index in [1.807, 2.05) is 0 Å². The molecule has 0 bridgehead atoms. The van der Waals surface area contributed by atoms with Crippen LogP contribution in [0.1, 0.15) is 32.1 Å². The number of hydrogen-bond acceptors (Lipinski definition) is 4. The Morgan fingerprint density at radius 2 is 1.85 bits per heavy atom. The molecule has 1 amide bonds. The van der Waals surface area contributed by atoms with E-state index in [4.69, 9.17) is 5.73 Å². The molecule has 0 radical (unpaired) electrons. The van der Waals surface area contributed by atoms with Crippen LogP contribution in [0.2, 0.25) is 0 Å². The van der Waals surface area contributed by atoms with Crippen molar-refractivity contribution in [3.8, 4) is 0 Å². The van der Waals surface area contributed by atoms with Gasteiger partial charge in [-0.3, -0.25) is 4.79 Å². The monoisotopic (exact) mass is 294 g/mol. The molecule has 0 aromatic heterocycles. The summed E-state index contributed by atoms with van der Waals surface area (Å²) >= 11 is 0. The van der Waals surface area contributed by atoms with Gasteiger partial charge in [-0.1, -0.05) is 25.3 Å². The van der Waals surface area contributed by atoms with E-state index in [1.165, 1.54) is 0 Å². The van der Waals surface area contributed by atoms with E-state index in [0.717, 1.165) is 19.3 Å². The molecule has 0 atom stereocenters. The summed E-state index contributed by atoms with van der Waals surface area (Å²) < 4.78 is 25.3. The molecule has 0 unspecified atom stereocenters. The van der Waals surface area contributed by atoms with Crippen LogP contribution in [0.15, 0.2) is 23.1 Å². The maximum Gasteiger partial charge on any atom is 0.231 e. The van der Waals surface area contributed by atoms with Gasteiger partial charge in [0, 0.05) is 0 Å². The Morgan fingerprint density at radius 3 is 2.55 bits per heavy atom. The first-order chi connectivity index (χ1) is 9.45. The fourth-order valence-corrected chi connectivity index (χ4v) is 5.53. The highest BCUT2D eigenvalue weighted by molar-refractivity contribution is 7.91. The Balaban J connectivity index is 2.15. The molecule has 1 aliphatic carbocycles. The van der Waals surface area contributed by atoms with Crippen molar-refractivity contribution in [3.63, 3.8) is 0 Å². The summed E-state index contributed by atoms with van der Waals surface area (Å²) in [5.74, 6) is -0.308. The molecular formula is C14H18N2O3S. The van der Waals surface area contributed by atoms with Gasteiger partial charge in [-0.05, 0) is 25.0 Å². The fourth-order valence-electron chi connectivity index (χ4n) is 3.36. The van der Waals surface area contributed by atoms with Crippen molar-refractivity contribution in [3.05, 3.63) is 18.2 Å². The van der Waals surface area contributed by atoms with Crippen LogP contribution in [0.4, 0.5) is 11.4 Å². The first kappa shape index (κ1) is 13.4. The lowest BCUT2D eigenvalue weighted by Crippen LogP contribution is -2.41. The molecule has 2 aliphatic rings. The zero-order chi connectivity index (χ0) is 14.4. The van der Waals surface area contributed by atoms with E-state index >= 15 is 0 Å². The second-order valence-corrected chi connectivity index (χ2v) is 7.70. The van der Waals surface area contributed by atoms with Gasteiger partial charge in [0.2, 0.25) is 5.91 Å². The van der Waals surface area contributed by atoms with Crippen molar-refractivity contribution < 1.29 is 13.2 Å². The van der Waals surface area contributed by atoms with Gasteiger partial charge < -0.3 is 11.1 Å². The molecule has 5 nitrogen and oxygen atoms in total. The molecule has 20 heavy (non-hydrogen) atoms. The molecule has 1 aliphatic heterocycles. The maximum absolute atomic E-state index is 12.7. The van der Waals surface area contributed by atoms with Gasteiger partial charge in [0.25, 0.3) is 0 Å². The molecule has 108 valence electrons. The maximum atomic E-state index is 12.7. The summed E-state index contributed by atoms with van der Waals surface area (Å²) in [7, 11) is -3.56. The van der Waals surface area contributed by atoms with Crippen molar-refractivity contribution in [1.82, 2.24) is 0 Å². The normalized spacial score (nSPS) is 23.7. The molecule has 1 spiro atoms. The third-order valence-corrected chi connectivity index (χ3v) is 6.37. The summed E-state index contributed by atoms with van der Waals surface area (Å²) in [5.41, 5.74) is 5.55. The molecule has 1 aromatic carbocycles. The minimum atomic E-state index is -3.56. The van der Waals surface area contributed by atoms with Crippen molar-refractivity contribution in [2.75, 3.05) is 16.8 Å². The van der Waals surface area contributed by atoms with E-state index in [2.05, 4.69) is 5.32 Å². The molecular weight excluding hydrogens is 276 g/mol. The van der Waals surface area contributed by atoms with Crippen LogP contribution in [0.3, 0.4) is 0 Å². The van der Waals surface area contributed by atoms with E-state index in [-0.39, 0.29) is 22.2 Å². The van der Waals surface area contributed by atoms with Crippen LogP contribution in [-0.4, -0.2) is 20.1 Å². The fraction of sp³-hybridized carbons (Fsp3) is 0.500. The quantitative estimate of drug-likeness (QED) is 0.716. The van der Waals surface area contributed by atoms with Crippen LogP contribution in [0, 0.1) is 5.41 Å². The number of nitrogens with one attached hydrogen (secondary N) is 1. The standard InChI is InChI=1S/C14H18N2O3S/c15-10-5-4-6-11-12(10)20(18,19)9-14(13(17)16-11)7-2-1-3-8-14/h4-6H,1-3,7-9,15H2,(H,16,17). The Labute approximate surface area is 118 Å². The van der Waals surface area contributed by atoms with Gasteiger partial charge in [-0.15, -0.1) is 0 Å². The second kappa shape index (κ2) is 4.48. The lowest BCUT2D eigenvalue weighted by atomic mass is 9.75. The zero-order valence-corrected chi connectivity index (χ0v) is 12.0. The zero-order valence-electron chi connectivity index (χ0n) is 11.2. The molecule has 6 heteroatoms. The van der Waals surface area contributed by atoms with Crippen LogP contribution in [-0.2, 0) is 14.6 Å².